The zero-order chi connectivity index (χ0) is 10.2. The van der Waals surface area contributed by atoms with Crippen LogP contribution in [0.2, 0.25) is 0 Å². The van der Waals surface area contributed by atoms with Gasteiger partial charge in [-0.05, 0) is 12.1 Å². The minimum atomic E-state index is -4.19. The summed E-state index contributed by atoms with van der Waals surface area (Å²) in [6.07, 6.45) is 1.48. The summed E-state index contributed by atoms with van der Waals surface area (Å²) in [7, 11) is -4.19. The zero-order valence-electron chi connectivity index (χ0n) is 7.42. The number of aromatic nitrogens is 1. The van der Waals surface area contributed by atoms with Crippen molar-refractivity contribution in [1.29, 1.82) is 0 Å². The van der Waals surface area contributed by atoms with Crippen molar-refractivity contribution >= 4 is 21.0 Å². The van der Waals surface area contributed by atoms with Crippen molar-refractivity contribution in [1.82, 2.24) is 4.98 Å². The molecular weight excluding hydrogens is 394 g/mol. The van der Waals surface area contributed by atoms with Gasteiger partial charge in [0, 0.05) is 31.7 Å². The molecule has 0 saturated heterocycles. The number of fused-ring (bicyclic) bond motifs is 1. The van der Waals surface area contributed by atoms with Crippen LogP contribution in [0.3, 0.4) is 0 Å². The number of benzene rings is 1. The van der Waals surface area contributed by atoms with E-state index in [9.17, 15) is 8.42 Å². The van der Waals surface area contributed by atoms with Gasteiger partial charge in [-0.15, -0.1) is 0 Å². The molecule has 0 bridgehead atoms. The molecule has 2 aromatic rings. The Morgan fingerprint density at radius 3 is 2.47 bits per heavy atom. The minimum Gasteiger partial charge on any atom is -0.282 e. The summed E-state index contributed by atoms with van der Waals surface area (Å²) in [6.45, 7) is 0. The SMILES string of the molecule is O=S(=O)(O)c1cccc2cccnc12.[Ir]. The van der Waals surface area contributed by atoms with Gasteiger partial charge in [-0.25, -0.2) is 0 Å². The van der Waals surface area contributed by atoms with E-state index in [1.54, 1.807) is 24.3 Å². The van der Waals surface area contributed by atoms with Crippen LogP contribution in [-0.2, 0) is 30.2 Å². The predicted molar refractivity (Wildman–Crippen MR) is 51.6 cm³/mol. The van der Waals surface area contributed by atoms with Gasteiger partial charge < -0.3 is 0 Å². The molecule has 1 N–H and O–H groups in total. The molecule has 1 radical (unpaired) electrons. The maximum atomic E-state index is 11.0. The van der Waals surface area contributed by atoms with Gasteiger partial charge >= 0.3 is 0 Å². The van der Waals surface area contributed by atoms with Crippen molar-refractivity contribution in [3.63, 3.8) is 0 Å². The second kappa shape index (κ2) is 4.36. The van der Waals surface area contributed by atoms with Crippen molar-refractivity contribution < 1.29 is 33.1 Å². The van der Waals surface area contributed by atoms with E-state index in [0.29, 0.717) is 5.39 Å². The molecule has 0 aliphatic carbocycles. The van der Waals surface area contributed by atoms with Gasteiger partial charge in [0.2, 0.25) is 0 Å². The normalized spacial score (nSPS) is 11.0. The average Bonchev–Trinajstić information content (AvgIpc) is 2.15. The molecule has 1 aromatic heterocycles. The Morgan fingerprint density at radius 2 is 1.80 bits per heavy atom. The fraction of sp³-hybridized carbons (Fsp3) is 0. The molecule has 0 aliphatic heterocycles. The quantitative estimate of drug-likeness (QED) is 0.735. The van der Waals surface area contributed by atoms with Gasteiger partial charge in [0.05, 0.1) is 5.52 Å². The fourth-order valence-electron chi connectivity index (χ4n) is 1.28. The van der Waals surface area contributed by atoms with Crippen LogP contribution in [0.4, 0.5) is 0 Å². The van der Waals surface area contributed by atoms with Crippen LogP contribution >= 0.6 is 0 Å². The average molecular weight is 401 g/mol. The summed E-state index contributed by atoms with van der Waals surface area (Å²) in [5, 5.41) is 0.683. The van der Waals surface area contributed by atoms with Crippen LogP contribution in [-0.4, -0.2) is 18.0 Å². The van der Waals surface area contributed by atoms with E-state index in [1.807, 2.05) is 0 Å². The number of nitrogens with zero attached hydrogens (tertiary/aromatic N) is 1. The van der Waals surface area contributed by atoms with Crippen molar-refractivity contribution in [2.75, 3.05) is 0 Å². The molecule has 0 fully saturated rings. The summed E-state index contributed by atoms with van der Waals surface area (Å²) in [6, 6.07) is 8.06. The van der Waals surface area contributed by atoms with E-state index in [2.05, 4.69) is 4.98 Å². The molecule has 0 unspecified atom stereocenters. The first kappa shape index (κ1) is 12.3. The summed E-state index contributed by atoms with van der Waals surface area (Å²) >= 11 is 0. The van der Waals surface area contributed by atoms with Crippen LogP contribution in [0, 0.1) is 0 Å². The number of rotatable bonds is 1. The van der Waals surface area contributed by atoms with E-state index in [-0.39, 0.29) is 30.5 Å². The Morgan fingerprint density at radius 1 is 1.13 bits per heavy atom. The molecule has 81 valence electrons. The van der Waals surface area contributed by atoms with Crippen LogP contribution in [0.25, 0.3) is 10.9 Å². The van der Waals surface area contributed by atoms with Crippen LogP contribution in [0.15, 0.2) is 41.4 Å². The summed E-state index contributed by atoms with van der Waals surface area (Å²) < 4.78 is 30.8. The summed E-state index contributed by atoms with van der Waals surface area (Å²) in [5.74, 6) is 0. The first-order valence-corrected chi connectivity index (χ1v) is 5.34. The van der Waals surface area contributed by atoms with Crippen molar-refractivity contribution in [3.8, 4) is 0 Å². The molecule has 1 heterocycles. The largest absolute Gasteiger partial charge is 0.296 e. The first-order chi connectivity index (χ1) is 6.59. The van der Waals surface area contributed by atoms with Crippen molar-refractivity contribution in [2.24, 2.45) is 0 Å². The summed E-state index contributed by atoms with van der Waals surface area (Å²) in [4.78, 5) is 3.75. The third-order valence-electron chi connectivity index (χ3n) is 1.87. The van der Waals surface area contributed by atoms with Gasteiger partial charge in [-0.2, -0.15) is 8.42 Å². The van der Waals surface area contributed by atoms with Crippen molar-refractivity contribution in [2.45, 2.75) is 4.90 Å². The van der Waals surface area contributed by atoms with E-state index in [1.165, 1.54) is 12.3 Å². The topological polar surface area (TPSA) is 67.3 Å². The third-order valence-corrected chi connectivity index (χ3v) is 2.76. The Hall–Kier alpha value is -0.811. The Bertz CT molecular complexity index is 577. The van der Waals surface area contributed by atoms with Gasteiger partial charge in [0.25, 0.3) is 10.1 Å². The monoisotopic (exact) mass is 402 g/mol. The molecule has 2 rings (SSSR count). The molecule has 4 nitrogen and oxygen atoms in total. The fourth-order valence-corrected chi connectivity index (χ4v) is 1.95. The van der Waals surface area contributed by atoms with E-state index >= 15 is 0 Å². The maximum absolute atomic E-state index is 11.0. The van der Waals surface area contributed by atoms with Crippen molar-refractivity contribution in [3.05, 3.63) is 36.5 Å². The van der Waals surface area contributed by atoms with E-state index in [0.717, 1.165) is 0 Å². The van der Waals surface area contributed by atoms with E-state index in [4.69, 9.17) is 4.55 Å². The number of hydrogen-bond acceptors (Lipinski definition) is 3. The van der Waals surface area contributed by atoms with Gasteiger partial charge in [-0.3, -0.25) is 9.54 Å². The zero-order valence-corrected chi connectivity index (χ0v) is 10.6. The summed E-state index contributed by atoms with van der Waals surface area (Å²) in [5.41, 5.74) is 0.289. The molecule has 1 aromatic carbocycles. The van der Waals surface area contributed by atoms with E-state index < -0.39 is 10.1 Å². The molecule has 0 spiro atoms. The van der Waals surface area contributed by atoms with Gasteiger partial charge in [0.15, 0.2) is 0 Å². The Kier molecular flexibility index (Phi) is 3.57. The van der Waals surface area contributed by atoms with Crippen LogP contribution < -0.4 is 0 Å². The molecule has 0 saturated carbocycles. The Balaban J connectivity index is 0.00000112. The van der Waals surface area contributed by atoms with Crippen LogP contribution in [0.5, 0.6) is 0 Å². The second-order valence-corrected chi connectivity index (χ2v) is 4.20. The molecular formula is C9H7IrNO3S. The minimum absolute atomic E-state index is 0. The predicted octanol–water partition coefficient (Wildman–Crippen LogP) is 1.48. The number of pyridine rings is 1. The molecule has 0 amide bonds. The number of para-hydroxylation sites is 1. The molecule has 0 aliphatic rings. The second-order valence-electron chi connectivity index (χ2n) is 2.81. The van der Waals surface area contributed by atoms with Crippen LogP contribution in [0.1, 0.15) is 0 Å². The molecule has 15 heavy (non-hydrogen) atoms. The number of hydrogen-bond donors (Lipinski definition) is 1. The molecule has 0 atom stereocenters. The van der Waals surface area contributed by atoms with Gasteiger partial charge in [0.1, 0.15) is 4.90 Å². The third kappa shape index (κ3) is 2.41. The first-order valence-electron chi connectivity index (χ1n) is 3.90. The van der Waals surface area contributed by atoms with Gasteiger partial charge in [-0.1, -0.05) is 18.2 Å². The molecule has 6 heteroatoms. The maximum Gasteiger partial charge on any atom is 0.296 e. The smallest absolute Gasteiger partial charge is 0.282 e. The Labute approximate surface area is 100 Å². The standard InChI is InChI=1S/C9H7NO3S.Ir/c11-14(12,13)8-5-1-3-7-4-2-6-10-9(7)8;/h1-6H,(H,11,12,13);.